The van der Waals surface area contributed by atoms with Crippen molar-refractivity contribution in [1.29, 1.82) is 0 Å². The van der Waals surface area contributed by atoms with Crippen molar-refractivity contribution in [2.45, 2.75) is 65.1 Å². The normalized spacial score (nSPS) is 22.8. The molecule has 2 aromatic rings. The number of rotatable bonds is 4. The summed E-state index contributed by atoms with van der Waals surface area (Å²) in [7, 11) is 0. The number of likely N-dealkylation sites (tertiary alicyclic amines) is 1. The first-order valence-corrected chi connectivity index (χ1v) is 13.4. The number of piperidine rings is 1. The number of benzene rings is 2. The molecule has 2 atom stereocenters. The Labute approximate surface area is 213 Å². The molecule has 33 heavy (non-hydrogen) atoms. The van der Waals surface area contributed by atoms with Crippen LogP contribution < -0.4 is 0 Å². The largest absolute Gasteiger partial charge is 0.338 e. The maximum absolute atomic E-state index is 13.3. The minimum atomic E-state index is 0.171. The SMILES string of the molecule is Cc1cccc(C)c1C(=O)N1CCC(C)(N2CCN(C(C)c3ccc(I)cc3)C(C)C2)CC1. The summed E-state index contributed by atoms with van der Waals surface area (Å²) in [5.74, 6) is 0.206. The highest BCUT2D eigenvalue weighted by Gasteiger charge is 2.40. The van der Waals surface area contributed by atoms with Gasteiger partial charge in [0.25, 0.3) is 5.91 Å². The van der Waals surface area contributed by atoms with Crippen LogP contribution >= 0.6 is 22.6 Å². The summed E-state index contributed by atoms with van der Waals surface area (Å²) in [4.78, 5) is 20.7. The topological polar surface area (TPSA) is 26.8 Å². The Balaban J connectivity index is 1.37. The van der Waals surface area contributed by atoms with Crippen LogP contribution in [0.2, 0.25) is 0 Å². The Bertz CT molecular complexity index is 961. The number of hydrogen-bond acceptors (Lipinski definition) is 3. The quantitative estimate of drug-likeness (QED) is 0.452. The van der Waals surface area contributed by atoms with Gasteiger partial charge in [0, 0.05) is 59.5 Å². The molecule has 2 fully saturated rings. The lowest BCUT2D eigenvalue weighted by molar-refractivity contribution is -0.0278. The summed E-state index contributed by atoms with van der Waals surface area (Å²) < 4.78 is 1.29. The molecule has 0 saturated carbocycles. The van der Waals surface area contributed by atoms with Gasteiger partial charge in [-0.2, -0.15) is 0 Å². The summed E-state index contributed by atoms with van der Waals surface area (Å²) in [6.07, 6.45) is 2.09. The number of piperazine rings is 1. The fourth-order valence-corrected chi connectivity index (χ4v) is 6.15. The standard InChI is InChI=1S/C28H38IN3O/c1-20-7-6-8-21(2)26(20)27(33)30-15-13-28(5,14-16-30)31-17-18-32(22(3)19-31)23(4)24-9-11-25(29)12-10-24/h6-12,22-23H,13-19H2,1-5H3. The van der Waals surface area contributed by atoms with Crippen LogP contribution in [-0.4, -0.2) is 64.9 Å². The molecular weight excluding hydrogens is 521 g/mol. The minimum absolute atomic E-state index is 0.171. The molecule has 0 radical (unpaired) electrons. The van der Waals surface area contributed by atoms with Gasteiger partial charge in [0.2, 0.25) is 0 Å². The lowest BCUT2D eigenvalue weighted by Crippen LogP contribution is -2.62. The zero-order valence-electron chi connectivity index (χ0n) is 20.8. The third kappa shape index (κ3) is 5.15. The molecule has 2 unspecified atom stereocenters. The van der Waals surface area contributed by atoms with Gasteiger partial charge in [-0.3, -0.25) is 14.6 Å². The van der Waals surface area contributed by atoms with E-state index in [1.54, 1.807) is 0 Å². The van der Waals surface area contributed by atoms with Crippen LogP contribution in [0.4, 0.5) is 0 Å². The van der Waals surface area contributed by atoms with E-state index in [1.165, 1.54) is 9.13 Å². The average Bonchev–Trinajstić information content (AvgIpc) is 2.79. The Kier molecular flexibility index (Phi) is 7.51. The number of hydrogen-bond donors (Lipinski definition) is 0. The molecule has 2 heterocycles. The Morgan fingerprint density at radius 1 is 1.00 bits per heavy atom. The van der Waals surface area contributed by atoms with Gasteiger partial charge in [-0.15, -0.1) is 0 Å². The van der Waals surface area contributed by atoms with Crippen molar-refractivity contribution in [2.24, 2.45) is 0 Å². The van der Waals surface area contributed by atoms with Crippen LogP contribution in [0.5, 0.6) is 0 Å². The van der Waals surface area contributed by atoms with Crippen molar-refractivity contribution in [2.75, 3.05) is 32.7 Å². The van der Waals surface area contributed by atoms with Gasteiger partial charge in [-0.05, 0) is 98.9 Å². The van der Waals surface area contributed by atoms with Crippen molar-refractivity contribution >= 4 is 28.5 Å². The molecule has 4 rings (SSSR count). The van der Waals surface area contributed by atoms with E-state index in [1.807, 2.05) is 32.0 Å². The highest BCUT2D eigenvalue weighted by Crippen LogP contribution is 2.34. The Hall–Kier alpha value is -1.44. The lowest BCUT2D eigenvalue weighted by Gasteiger charge is -2.52. The van der Waals surface area contributed by atoms with E-state index in [2.05, 4.69) is 82.3 Å². The number of carbonyl (C=O) groups excluding carboxylic acids is 1. The molecule has 2 aliphatic rings. The molecule has 0 bridgehead atoms. The summed E-state index contributed by atoms with van der Waals surface area (Å²) in [5.41, 5.74) is 4.64. The second-order valence-corrected chi connectivity index (χ2v) is 11.6. The Morgan fingerprint density at radius 3 is 2.18 bits per heavy atom. The smallest absolute Gasteiger partial charge is 0.254 e. The molecule has 1 amide bonds. The predicted octanol–water partition coefficient (Wildman–Crippen LogP) is 5.67. The van der Waals surface area contributed by atoms with Crippen molar-refractivity contribution in [3.8, 4) is 0 Å². The lowest BCUT2D eigenvalue weighted by atomic mass is 9.85. The molecule has 0 spiro atoms. The van der Waals surface area contributed by atoms with E-state index in [0.717, 1.165) is 62.3 Å². The third-order valence-electron chi connectivity index (χ3n) is 8.12. The van der Waals surface area contributed by atoms with Gasteiger partial charge in [-0.25, -0.2) is 0 Å². The van der Waals surface area contributed by atoms with Gasteiger partial charge >= 0.3 is 0 Å². The van der Waals surface area contributed by atoms with E-state index in [-0.39, 0.29) is 11.4 Å². The number of aryl methyl sites for hydroxylation is 2. The summed E-state index contributed by atoms with van der Waals surface area (Å²) in [5, 5.41) is 0. The number of halogens is 1. The van der Waals surface area contributed by atoms with Crippen molar-refractivity contribution in [1.82, 2.24) is 14.7 Å². The highest BCUT2D eigenvalue weighted by atomic mass is 127. The molecule has 0 aromatic heterocycles. The molecule has 4 nitrogen and oxygen atoms in total. The van der Waals surface area contributed by atoms with E-state index in [0.29, 0.717) is 12.1 Å². The zero-order valence-corrected chi connectivity index (χ0v) is 22.9. The molecule has 0 N–H and O–H groups in total. The average molecular weight is 560 g/mol. The van der Waals surface area contributed by atoms with Gasteiger partial charge in [0.15, 0.2) is 0 Å². The van der Waals surface area contributed by atoms with Crippen molar-refractivity contribution in [3.63, 3.8) is 0 Å². The fourth-order valence-electron chi connectivity index (χ4n) is 5.79. The molecule has 2 aromatic carbocycles. The summed E-state index contributed by atoms with van der Waals surface area (Å²) >= 11 is 2.37. The second kappa shape index (κ2) is 10.0. The number of nitrogens with zero attached hydrogens (tertiary/aromatic N) is 3. The number of amides is 1. The van der Waals surface area contributed by atoms with Crippen LogP contribution in [0.25, 0.3) is 0 Å². The van der Waals surface area contributed by atoms with Gasteiger partial charge < -0.3 is 4.90 Å². The number of carbonyl (C=O) groups is 1. The van der Waals surface area contributed by atoms with E-state index in [9.17, 15) is 4.79 Å². The van der Waals surface area contributed by atoms with Crippen LogP contribution in [0.1, 0.15) is 66.7 Å². The van der Waals surface area contributed by atoms with Crippen molar-refractivity contribution < 1.29 is 4.79 Å². The second-order valence-electron chi connectivity index (χ2n) is 10.3. The summed E-state index contributed by atoms with van der Waals surface area (Å²) in [6, 6.07) is 16.0. The van der Waals surface area contributed by atoms with Gasteiger partial charge in [-0.1, -0.05) is 30.3 Å². The first-order chi connectivity index (χ1) is 15.7. The predicted molar refractivity (Wildman–Crippen MR) is 145 cm³/mol. The minimum Gasteiger partial charge on any atom is -0.338 e. The van der Waals surface area contributed by atoms with Crippen LogP contribution in [-0.2, 0) is 0 Å². The maximum Gasteiger partial charge on any atom is 0.254 e. The van der Waals surface area contributed by atoms with E-state index in [4.69, 9.17) is 0 Å². The Morgan fingerprint density at radius 2 is 1.61 bits per heavy atom. The zero-order chi connectivity index (χ0) is 23.8. The first-order valence-electron chi connectivity index (χ1n) is 12.3. The van der Waals surface area contributed by atoms with Crippen LogP contribution in [0.3, 0.4) is 0 Å². The molecule has 0 aliphatic carbocycles. The third-order valence-corrected chi connectivity index (χ3v) is 8.83. The van der Waals surface area contributed by atoms with E-state index >= 15 is 0 Å². The van der Waals surface area contributed by atoms with Crippen LogP contribution in [0, 0.1) is 17.4 Å². The molecule has 178 valence electrons. The van der Waals surface area contributed by atoms with Gasteiger partial charge in [0.1, 0.15) is 0 Å². The summed E-state index contributed by atoms with van der Waals surface area (Å²) in [6.45, 7) is 16.2. The van der Waals surface area contributed by atoms with Crippen LogP contribution in [0.15, 0.2) is 42.5 Å². The van der Waals surface area contributed by atoms with E-state index < -0.39 is 0 Å². The first kappa shape index (κ1) is 24.7. The molecular formula is C28H38IN3O. The molecule has 2 aliphatic heterocycles. The van der Waals surface area contributed by atoms with Gasteiger partial charge in [0.05, 0.1) is 0 Å². The van der Waals surface area contributed by atoms with Crippen molar-refractivity contribution in [3.05, 3.63) is 68.3 Å². The molecule has 5 heteroatoms. The highest BCUT2D eigenvalue weighted by molar-refractivity contribution is 14.1. The maximum atomic E-state index is 13.3. The molecule has 2 saturated heterocycles. The fraction of sp³-hybridized carbons (Fsp3) is 0.536. The monoisotopic (exact) mass is 559 g/mol.